The Bertz CT molecular complexity index is 1070. The molecule has 39 heavy (non-hydrogen) atoms. The molecule has 2 fully saturated rings. The summed E-state index contributed by atoms with van der Waals surface area (Å²) in [6.45, 7) is 2.67. The molecule has 0 spiro atoms. The average molecular weight is 534 g/mol. The van der Waals surface area contributed by atoms with Crippen LogP contribution in [0, 0.1) is 5.92 Å². The Morgan fingerprint density at radius 1 is 0.974 bits per heavy atom. The van der Waals surface area contributed by atoms with Gasteiger partial charge in [0.05, 0.1) is 12.1 Å². The van der Waals surface area contributed by atoms with E-state index in [1.807, 2.05) is 81.7 Å². The third-order valence-electron chi connectivity index (χ3n) is 8.24. The number of benzene rings is 2. The lowest BCUT2D eigenvalue weighted by atomic mass is 9.90. The van der Waals surface area contributed by atoms with Gasteiger partial charge in [0.2, 0.25) is 17.7 Å². The second kappa shape index (κ2) is 13.2. The molecule has 0 saturated carbocycles. The monoisotopic (exact) mass is 533 g/mol. The fourth-order valence-electron chi connectivity index (χ4n) is 5.94. The van der Waals surface area contributed by atoms with Crippen molar-refractivity contribution >= 4 is 17.7 Å². The number of fused-ring (bicyclic) bond motifs is 1. The van der Waals surface area contributed by atoms with E-state index >= 15 is 0 Å². The van der Waals surface area contributed by atoms with E-state index in [0.29, 0.717) is 12.8 Å². The molecule has 0 radical (unpaired) electrons. The van der Waals surface area contributed by atoms with E-state index in [1.54, 1.807) is 4.90 Å². The summed E-state index contributed by atoms with van der Waals surface area (Å²) in [7, 11) is 4.02. The van der Waals surface area contributed by atoms with Crippen molar-refractivity contribution in [3.05, 3.63) is 71.8 Å². The van der Waals surface area contributed by atoms with E-state index in [2.05, 4.69) is 15.5 Å². The van der Waals surface area contributed by atoms with Crippen molar-refractivity contribution in [3.8, 4) is 0 Å². The molecule has 2 saturated heterocycles. The van der Waals surface area contributed by atoms with Crippen molar-refractivity contribution in [1.82, 2.24) is 20.4 Å². The van der Waals surface area contributed by atoms with E-state index in [4.69, 9.17) is 5.73 Å². The first-order valence-corrected chi connectivity index (χ1v) is 14.2. The van der Waals surface area contributed by atoms with Crippen LogP contribution < -0.4 is 16.4 Å². The Morgan fingerprint density at radius 2 is 1.56 bits per heavy atom. The van der Waals surface area contributed by atoms with Gasteiger partial charge in [-0.3, -0.25) is 14.4 Å². The molecule has 210 valence electrons. The van der Waals surface area contributed by atoms with Crippen LogP contribution in [-0.2, 0) is 14.4 Å². The fourth-order valence-corrected chi connectivity index (χ4v) is 5.94. The van der Waals surface area contributed by atoms with Crippen LogP contribution in [0.15, 0.2) is 60.7 Å². The number of nitrogens with two attached hydrogens (primary N) is 1. The Labute approximate surface area is 232 Å². The van der Waals surface area contributed by atoms with Gasteiger partial charge in [0, 0.05) is 6.04 Å². The topological polar surface area (TPSA) is 108 Å². The van der Waals surface area contributed by atoms with Gasteiger partial charge < -0.3 is 26.2 Å². The Morgan fingerprint density at radius 3 is 2.13 bits per heavy atom. The quantitative estimate of drug-likeness (QED) is 0.435. The van der Waals surface area contributed by atoms with Gasteiger partial charge in [-0.25, -0.2) is 0 Å². The summed E-state index contributed by atoms with van der Waals surface area (Å²) < 4.78 is 0. The van der Waals surface area contributed by atoms with E-state index in [9.17, 15) is 14.4 Å². The highest BCUT2D eigenvalue weighted by molar-refractivity contribution is 5.94. The van der Waals surface area contributed by atoms with Gasteiger partial charge in [-0.15, -0.1) is 0 Å². The van der Waals surface area contributed by atoms with E-state index in [-0.39, 0.29) is 35.7 Å². The highest BCUT2D eigenvalue weighted by Gasteiger charge is 2.47. The molecule has 0 aromatic heterocycles. The summed E-state index contributed by atoms with van der Waals surface area (Å²) >= 11 is 0. The smallest absolute Gasteiger partial charge is 0.246 e. The predicted molar refractivity (Wildman–Crippen MR) is 153 cm³/mol. The zero-order valence-corrected chi connectivity index (χ0v) is 23.4. The lowest BCUT2D eigenvalue weighted by Gasteiger charge is -2.33. The minimum atomic E-state index is -0.688. The summed E-state index contributed by atoms with van der Waals surface area (Å²) in [6.07, 6.45) is 4.30. The van der Waals surface area contributed by atoms with Crippen molar-refractivity contribution in [1.29, 1.82) is 0 Å². The fraction of sp³-hybridized carbons (Fsp3) is 0.516. The number of rotatable bonds is 10. The molecule has 2 aromatic rings. The minimum Gasteiger partial charge on any atom is -0.343 e. The van der Waals surface area contributed by atoms with Crippen LogP contribution >= 0.6 is 0 Å². The number of nitrogens with zero attached hydrogens (tertiary/aromatic N) is 2. The highest BCUT2D eigenvalue weighted by atomic mass is 16.2. The van der Waals surface area contributed by atoms with Gasteiger partial charge >= 0.3 is 0 Å². The number of carbonyl (C=O) groups excluding carboxylic acids is 3. The summed E-state index contributed by atoms with van der Waals surface area (Å²) in [4.78, 5) is 44.7. The van der Waals surface area contributed by atoms with E-state index in [1.165, 1.54) is 0 Å². The lowest BCUT2D eigenvalue weighted by molar-refractivity contribution is -0.143. The molecule has 4 N–H and O–H groups in total. The third-order valence-corrected chi connectivity index (χ3v) is 8.24. The molecule has 4 rings (SSSR count). The first kappa shape index (κ1) is 28.8. The Kier molecular flexibility index (Phi) is 9.75. The van der Waals surface area contributed by atoms with Crippen molar-refractivity contribution in [2.24, 2.45) is 11.7 Å². The van der Waals surface area contributed by atoms with Gasteiger partial charge in [0.15, 0.2) is 0 Å². The number of hydrogen-bond donors (Lipinski definition) is 3. The number of hydrogen-bond acceptors (Lipinski definition) is 5. The number of nitrogens with one attached hydrogen (secondary N) is 2. The van der Waals surface area contributed by atoms with Crippen LogP contribution in [0.2, 0.25) is 0 Å². The zero-order chi connectivity index (χ0) is 27.9. The maximum Gasteiger partial charge on any atom is 0.246 e. The Hall–Kier alpha value is -3.23. The van der Waals surface area contributed by atoms with Crippen molar-refractivity contribution in [3.63, 3.8) is 0 Å². The molecular formula is C31H43N5O3. The standard InChI is InChI=1S/C31H43N5O3/c1-4-25(32)29(37)34-28-23(19-20-35(2)3)15-16-24-17-18-26(36(24)31(28)39)30(38)33-27(21-11-7-5-8-12-21)22-13-9-6-10-14-22/h5-14,23-28H,4,15-20,32H2,1-3H3,(H,33,38)(H,34,37)/t23-,24+,25+,26+,28+/m1/s1. The second-order valence-electron chi connectivity index (χ2n) is 11.2. The maximum atomic E-state index is 14.1. The second-order valence-corrected chi connectivity index (χ2v) is 11.2. The van der Waals surface area contributed by atoms with Crippen LogP contribution in [-0.4, -0.2) is 72.3 Å². The summed E-state index contributed by atoms with van der Waals surface area (Å²) in [5.41, 5.74) is 7.99. The molecule has 5 atom stereocenters. The van der Waals surface area contributed by atoms with E-state index in [0.717, 1.165) is 43.4 Å². The van der Waals surface area contributed by atoms with Gasteiger partial charge in [-0.1, -0.05) is 67.6 Å². The van der Waals surface area contributed by atoms with Crippen LogP contribution in [0.5, 0.6) is 0 Å². The summed E-state index contributed by atoms with van der Waals surface area (Å²) in [6, 6.07) is 17.5. The van der Waals surface area contributed by atoms with Crippen LogP contribution in [0.25, 0.3) is 0 Å². The molecule has 8 nitrogen and oxygen atoms in total. The van der Waals surface area contributed by atoms with Crippen LogP contribution in [0.4, 0.5) is 0 Å². The largest absolute Gasteiger partial charge is 0.343 e. The summed E-state index contributed by atoms with van der Waals surface area (Å²) in [5.74, 6) is -0.640. The molecule has 8 heteroatoms. The van der Waals surface area contributed by atoms with Gasteiger partial charge in [-0.2, -0.15) is 0 Å². The molecule has 2 aliphatic rings. The minimum absolute atomic E-state index is 0.0104. The van der Waals surface area contributed by atoms with Crippen LogP contribution in [0.3, 0.4) is 0 Å². The number of carbonyl (C=O) groups is 3. The molecule has 2 heterocycles. The van der Waals surface area contributed by atoms with Crippen molar-refractivity contribution < 1.29 is 14.4 Å². The predicted octanol–water partition coefficient (Wildman–Crippen LogP) is 2.84. The van der Waals surface area contributed by atoms with Gasteiger partial charge in [0.25, 0.3) is 0 Å². The van der Waals surface area contributed by atoms with Gasteiger partial charge in [0.1, 0.15) is 12.1 Å². The Balaban J connectivity index is 1.59. The maximum absolute atomic E-state index is 14.1. The van der Waals surface area contributed by atoms with Crippen molar-refractivity contribution in [2.75, 3.05) is 20.6 Å². The highest BCUT2D eigenvalue weighted by Crippen LogP contribution is 2.36. The zero-order valence-electron chi connectivity index (χ0n) is 23.4. The first-order valence-electron chi connectivity index (χ1n) is 14.2. The third kappa shape index (κ3) is 6.86. The normalized spacial score (nSPS) is 23.8. The lowest BCUT2D eigenvalue weighted by Crippen LogP contribution is -2.58. The molecular weight excluding hydrogens is 490 g/mol. The van der Waals surface area contributed by atoms with Gasteiger partial charge in [-0.05, 0) is 76.2 Å². The molecule has 2 aromatic carbocycles. The SMILES string of the molecule is CC[C@H](N)C(=O)N[C@@H]1C(=O)N2[C@@H](CC[C@@H]1CCN(C)C)CC[C@H]2C(=O)NC(c1ccccc1)c1ccccc1. The molecule has 0 aliphatic carbocycles. The molecule has 0 unspecified atom stereocenters. The molecule has 3 amide bonds. The van der Waals surface area contributed by atoms with E-state index < -0.39 is 18.1 Å². The first-order chi connectivity index (χ1) is 18.8. The number of amides is 3. The van der Waals surface area contributed by atoms with Crippen molar-refractivity contribution in [2.45, 2.75) is 75.7 Å². The van der Waals surface area contributed by atoms with Crippen LogP contribution in [0.1, 0.15) is 62.6 Å². The summed E-state index contributed by atoms with van der Waals surface area (Å²) in [5, 5.41) is 6.25. The molecule has 2 aliphatic heterocycles. The molecule has 0 bridgehead atoms. The average Bonchev–Trinajstić information content (AvgIpc) is 3.33.